The number of thiazole rings is 1. The highest BCUT2D eigenvalue weighted by atomic mass is 32.2. The molecule has 0 radical (unpaired) electrons. The minimum atomic E-state index is -3.11. The molecule has 1 N–H and O–H groups in total. The Labute approximate surface area is 139 Å². The Morgan fingerprint density at radius 3 is 2.82 bits per heavy atom. The van der Waals surface area contributed by atoms with Crippen molar-refractivity contribution in [2.75, 3.05) is 30.8 Å². The second-order valence-corrected chi connectivity index (χ2v) is 9.23. The summed E-state index contributed by atoms with van der Waals surface area (Å²) in [5.41, 5.74) is 1.03. The predicted molar refractivity (Wildman–Crippen MR) is 93.4 cm³/mol. The van der Waals surface area contributed by atoms with Gasteiger partial charge in [-0.2, -0.15) is 0 Å². The summed E-state index contributed by atoms with van der Waals surface area (Å²) in [5.74, 6) is 0. The van der Waals surface area contributed by atoms with Gasteiger partial charge in [-0.25, -0.2) is 18.1 Å². The maximum Gasteiger partial charge on any atom is 0.208 e. The van der Waals surface area contributed by atoms with Crippen LogP contribution in [0.25, 0.3) is 10.6 Å². The minimum Gasteiger partial charge on any atom is -0.348 e. The van der Waals surface area contributed by atoms with Gasteiger partial charge >= 0.3 is 0 Å². The zero-order valence-electron chi connectivity index (χ0n) is 12.4. The van der Waals surface area contributed by atoms with E-state index in [9.17, 15) is 8.42 Å². The quantitative estimate of drug-likeness (QED) is 0.863. The van der Waals surface area contributed by atoms with Crippen LogP contribution in [0.3, 0.4) is 0 Å². The standard InChI is InChI=1S/C14H19N3O2S3/c1-22(18,19)15-7-6-11-4-5-13(21-11)12-10-20-14(16-12)17-8-2-3-9-17/h4-5,10,15H,2-3,6-9H2,1H3. The third-order valence-corrected chi connectivity index (χ3v) is 6.32. The van der Waals surface area contributed by atoms with Crippen LogP contribution in [0.5, 0.6) is 0 Å². The Morgan fingerprint density at radius 2 is 2.09 bits per heavy atom. The molecule has 3 heterocycles. The number of anilines is 1. The van der Waals surface area contributed by atoms with E-state index >= 15 is 0 Å². The molecule has 0 bridgehead atoms. The first-order valence-corrected chi connectivity index (χ1v) is 10.8. The predicted octanol–water partition coefficient (Wildman–Crippen LogP) is 2.56. The number of aromatic nitrogens is 1. The van der Waals surface area contributed by atoms with Gasteiger partial charge in [0.2, 0.25) is 10.0 Å². The van der Waals surface area contributed by atoms with E-state index in [1.54, 1.807) is 22.7 Å². The third-order valence-electron chi connectivity index (χ3n) is 3.52. The molecule has 0 aliphatic carbocycles. The van der Waals surface area contributed by atoms with E-state index in [1.807, 2.05) is 0 Å². The van der Waals surface area contributed by atoms with Crippen molar-refractivity contribution in [1.82, 2.24) is 9.71 Å². The lowest BCUT2D eigenvalue weighted by molar-refractivity contribution is 0.588. The summed E-state index contributed by atoms with van der Waals surface area (Å²) in [6.07, 6.45) is 4.40. The second-order valence-electron chi connectivity index (χ2n) is 5.39. The van der Waals surface area contributed by atoms with Crippen molar-refractivity contribution in [2.24, 2.45) is 0 Å². The minimum absolute atomic E-state index is 0.439. The largest absolute Gasteiger partial charge is 0.348 e. The molecule has 0 spiro atoms. The fourth-order valence-corrected chi connectivity index (χ4v) is 4.84. The zero-order chi connectivity index (χ0) is 15.6. The maximum absolute atomic E-state index is 11.1. The van der Waals surface area contributed by atoms with Gasteiger partial charge in [-0.3, -0.25) is 0 Å². The first kappa shape index (κ1) is 15.9. The van der Waals surface area contributed by atoms with Crippen LogP contribution in [0.2, 0.25) is 0 Å². The Morgan fingerprint density at radius 1 is 1.32 bits per heavy atom. The molecule has 0 amide bonds. The smallest absolute Gasteiger partial charge is 0.208 e. The van der Waals surface area contributed by atoms with Crippen molar-refractivity contribution in [3.05, 3.63) is 22.4 Å². The number of nitrogens with zero attached hydrogens (tertiary/aromatic N) is 2. The van der Waals surface area contributed by atoms with E-state index in [2.05, 4.69) is 27.1 Å². The van der Waals surface area contributed by atoms with Crippen LogP contribution in [0.15, 0.2) is 17.5 Å². The number of nitrogens with one attached hydrogen (secondary N) is 1. The summed E-state index contributed by atoms with van der Waals surface area (Å²) in [6, 6.07) is 4.13. The van der Waals surface area contributed by atoms with Gasteiger partial charge in [0.15, 0.2) is 5.13 Å². The molecule has 1 saturated heterocycles. The number of hydrogen-bond donors (Lipinski definition) is 1. The molecular weight excluding hydrogens is 338 g/mol. The van der Waals surface area contributed by atoms with Crippen molar-refractivity contribution >= 4 is 37.8 Å². The van der Waals surface area contributed by atoms with Crippen LogP contribution in [-0.4, -0.2) is 39.3 Å². The molecule has 22 heavy (non-hydrogen) atoms. The van der Waals surface area contributed by atoms with Gasteiger partial charge in [-0.05, 0) is 31.4 Å². The highest BCUT2D eigenvalue weighted by Gasteiger charge is 2.16. The van der Waals surface area contributed by atoms with Crippen molar-refractivity contribution in [1.29, 1.82) is 0 Å². The molecule has 3 rings (SSSR count). The summed E-state index contributed by atoms with van der Waals surface area (Å²) in [5, 5.41) is 3.22. The Kier molecular flexibility index (Phi) is 4.82. The molecule has 120 valence electrons. The number of sulfonamides is 1. The average Bonchev–Trinajstić information content (AvgIpc) is 3.18. The highest BCUT2D eigenvalue weighted by Crippen LogP contribution is 2.33. The Hall–Kier alpha value is -0.960. The molecule has 0 unspecified atom stereocenters. The van der Waals surface area contributed by atoms with Crippen LogP contribution in [-0.2, 0) is 16.4 Å². The lowest BCUT2D eigenvalue weighted by Crippen LogP contribution is -2.23. The van der Waals surface area contributed by atoms with E-state index in [0.29, 0.717) is 13.0 Å². The molecule has 1 fully saturated rings. The van der Waals surface area contributed by atoms with Gasteiger partial charge in [-0.15, -0.1) is 22.7 Å². The number of hydrogen-bond acceptors (Lipinski definition) is 6. The van der Waals surface area contributed by atoms with Gasteiger partial charge in [0, 0.05) is 29.9 Å². The van der Waals surface area contributed by atoms with Gasteiger partial charge < -0.3 is 4.90 Å². The fourth-order valence-electron chi connectivity index (χ4n) is 2.44. The van der Waals surface area contributed by atoms with Gasteiger partial charge in [0.1, 0.15) is 0 Å². The van der Waals surface area contributed by atoms with E-state index in [1.165, 1.54) is 24.0 Å². The van der Waals surface area contributed by atoms with Crippen LogP contribution < -0.4 is 9.62 Å². The second kappa shape index (κ2) is 6.66. The molecule has 2 aromatic rings. The van der Waals surface area contributed by atoms with E-state index in [0.717, 1.165) is 28.8 Å². The third kappa shape index (κ3) is 4.07. The molecule has 0 atom stereocenters. The Balaban J connectivity index is 1.63. The van der Waals surface area contributed by atoms with Gasteiger partial charge in [-0.1, -0.05) is 0 Å². The van der Waals surface area contributed by atoms with Crippen LogP contribution in [0, 0.1) is 0 Å². The maximum atomic E-state index is 11.1. The van der Waals surface area contributed by atoms with Gasteiger partial charge in [0.25, 0.3) is 0 Å². The van der Waals surface area contributed by atoms with E-state index in [-0.39, 0.29) is 0 Å². The molecular formula is C14H19N3O2S3. The lowest BCUT2D eigenvalue weighted by Gasteiger charge is -2.12. The first-order valence-electron chi connectivity index (χ1n) is 7.25. The summed E-state index contributed by atoms with van der Waals surface area (Å²) < 4.78 is 24.6. The van der Waals surface area contributed by atoms with E-state index in [4.69, 9.17) is 4.98 Å². The number of rotatable bonds is 6. The number of thiophene rings is 1. The SMILES string of the molecule is CS(=O)(=O)NCCc1ccc(-c2csc(N3CCCC3)n2)s1. The van der Waals surface area contributed by atoms with Crippen LogP contribution in [0.4, 0.5) is 5.13 Å². The molecule has 1 aliphatic rings. The lowest BCUT2D eigenvalue weighted by atomic mass is 10.3. The zero-order valence-corrected chi connectivity index (χ0v) is 14.9. The van der Waals surface area contributed by atoms with Gasteiger partial charge in [0.05, 0.1) is 16.8 Å². The summed E-state index contributed by atoms with van der Waals surface area (Å²) in [4.78, 5) is 9.40. The molecule has 1 aliphatic heterocycles. The summed E-state index contributed by atoms with van der Waals surface area (Å²) in [7, 11) is -3.11. The van der Waals surface area contributed by atoms with Crippen molar-refractivity contribution < 1.29 is 8.42 Å². The summed E-state index contributed by atoms with van der Waals surface area (Å²) >= 11 is 3.39. The fraction of sp³-hybridized carbons (Fsp3) is 0.500. The topological polar surface area (TPSA) is 62.3 Å². The van der Waals surface area contributed by atoms with E-state index < -0.39 is 10.0 Å². The van der Waals surface area contributed by atoms with Crippen molar-refractivity contribution in [3.8, 4) is 10.6 Å². The average molecular weight is 358 g/mol. The van der Waals surface area contributed by atoms with Crippen molar-refractivity contribution in [2.45, 2.75) is 19.3 Å². The molecule has 8 heteroatoms. The monoisotopic (exact) mass is 357 g/mol. The highest BCUT2D eigenvalue weighted by molar-refractivity contribution is 7.88. The Bertz CT molecular complexity index is 730. The summed E-state index contributed by atoms with van der Waals surface area (Å²) in [6.45, 7) is 2.66. The molecule has 2 aromatic heterocycles. The van der Waals surface area contributed by atoms with Crippen LogP contribution in [0.1, 0.15) is 17.7 Å². The molecule has 5 nitrogen and oxygen atoms in total. The van der Waals surface area contributed by atoms with Crippen LogP contribution >= 0.6 is 22.7 Å². The first-order chi connectivity index (χ1) is 10.5. The normalized spacial score (nSPS) is 15.6. The molecule has 0 aromatic carbocycles. The molecule has 0 saturated carbocycles. The van der Waals surface area contributed by atoms with Crippen molar-refractivity contribution in [3.63, 3.8) is 0 Å².